The van der Waals surface area contributed by atoms with Crippen LogP contribution in [-0.4, -0.2) is 21.0 Å². The number of Topliss-reactive ketones (excluding diaryl/α,β-unsaturated/α-hetero) is 1. The molecule has 0 bridgehead atoms. The first kappa shape index (κ1) is 17.9. The Morgan fingerprint density at radius 2 is 1.96 bits per heavy atom. The van der Waals surface area contributed by atoms with Crippen LogP contribution >= 0.6 is 15.9 Å². The fourth-order valence-corrected chi connectivity index (χ4v) is 5.38. The van der Waals surface area contributed by atoms with Crippen molar-refractivity contribution in [3.05, 3.63) is 77.9 Å². The number of allylic oxidation sites excluding steroid dienone is 5. The topological polar surface area (TPSA) is 54.4 Å². The van der Waals surface area contributed by atoms with E-state index in [0.29, 0.717) is 17.6 Å². The van der Waals surface area contributed by atoms with Crippen LogP contribution in [0.1, 0.15) is 24.8 Å². The number of aromatic hydroxyl groups is 1. The highest BCUT2D eigenvalue weighted by atomic mass is 79.9. The number of benzene rings is 2. The minimum Gasteiger partial charge on any atom is -0.507 e. The number of rotatable bonds is 2. The lowest BCUT2D eigenvalue weighted by Gasteiger charge is -2.45. The Balaban J connectivity index is 1.99. The molecule has 0 spiro atoms. The molecular formula is C23H19BrO3. The van der Waals surface area contributed by atoms with Crippen molar-refractivity contribution >= 4 is 38.3 Å². The maximum absolute atomic E-state index is 13.1. The summed E-state index contributed by atoms with van der Waals surface area (Å²) in [5.74, 6) is -1.05. The summed E-state index contributed by atoms with van der Waals surface area (Å²) < 4.78 is -1.12. The maximum Gasteiger partial charge on any atom is 0.174 e. The van der Waals surface area contributed by atoms with Crippen molar-refractivity contribution in [1.29, 1.82) is 0 Å². The highest BCUT2D eigenvalue weighted by Gasteiger charge is 2.56. The third-order valence-corrected chi connectivity index (χ3v) is 7.16. The van der Waals surface area contributed by atoms with Gasteiger partial charge in [0.15, 0.2) is 11.6 Å². The minimum atomic E-state index is -1.12. The zero-order chi connectivity index (χ0) is 19.3. The lowest BCUT2D eigenvalue weighted by molar-refractivity contribution is -0.128. The van der Waals surface area contributed by atoms with Gasteiger partial charge in [-0.2, -0.15) is 0 Å². The van der Waals surface area contributed by atoms with Gasteiger partial charge in [0, 0.05) is 22.8 Å². The van der Waals surface area contributed by atoms with Crippen LogP contribution in [0.25, 0.3) is 10.8 Å². The van der Waals surface area contributed by atoms with Gasteiger partial charge in [0.2, 0.25) is 0 Å². The first-order chi connectivity index (χ1) is 12.9. The predicted molar refractivity (Wildman–Crippen MR) is 110 cm³/mol. The van der Waals surface area contributed by atoms with Gasteiger partial charge in [-0.05, 0) is 36.0 Å². The Hall–Kier alpha value is -2.46. The van der Waals surface area contributed by atoms with Gasteiger partial charge in [-0.1, -0.05) is 71.1 Å². The summed E-state index contributed by atoms with van der Waals surface area (Å²) in [6.07, 6.45) is 5.56. The molecule has 0 aromatic heterocycles. The fraction of sp³-hybridized carbons (Fsp3) is 0.217. The molecular weight excluding hydrogens is 404 g/mol. The van der Waals surface area contributed by atoms with Gasteiger partial charge >= 0.3 is 0 Å². The van der Waals surface area contributed by atoms with E-state index >= 15 is 0 Å². The van der Waals surface area contributed by atoms with E-state index in [1.54, 1.807) is 13.0 Å². The third-order valence-electron chi connectivity index (χ3n) is 5.76. The number of fused-ring (bicyclic) bond motifs is 2. The molecule has 0 saturated heterocycles. The Bertz CT molecular complexity index is 1060. The largest absolute Gasteiger partial charge is 0.507 e. The molecule has 2 aliphatic rings. The smallest absolute Gasteiger partial charge is 0.174 e. The summed E-state index contributed by atoms with van der Waals surface area (Å²) in [4.78, 5) is 25.9. The molecule has 0 aliphatic heterocycles. The maximum atomic E-state index is 13.1. The van der Waals surface area contributed by atoms with Gasteiger partial charge in [-0.15, -0.1) is 0 Å². The number of carbonyl (C=O) groups excluding carboxylic acids is 2. The standard InChI is InChI=1S/C23H19BrO3/c1-3-14-9-11-18-21(26)13(2)12-19(25)23(18,24)20(14)17-10-8-15-6-4-5-7-16(15)22(17)27/h3-10,12,18,20,27H,1,11H2,2H3/t18-,20+,23+/m0/s1. The second-order valence-corrected chi connectivity index (χ2v) is 8.49. The van der Waals surface area contributed by atoms with Crippen molar-refractivity contribution < 1.29 is 14.7 Å². The average Bonchev–Trinajstić information content (AvgIpc) is 2.67. The highest BCUT2D eigenvalue weighted by molar-refractivity contribution is 9.10. The predicted octanol–water partition coefficient (Wildman–Crippen LogP) is 4.99. The number of phenolic OH excluding ortho intramolecular Hbond substituents is 1. The summed E-state index contributed by atoms with van der Waals surface area (Å²) in [5, 5.41) is 12.7. The zero-order valence-corrected chi connectivity index (χ0v) is 16.5. The summed E-state index contributed by atoms with van der Waals surface area (Å²) in [6, 6.07) is 11.3. The van der Waals surface area contributed by atoms with Gasteiger partial charge in [0.1, 0.15) is 10.1 Å². The van der Waals surface area contributed by atoms with Crippen molar-refractivity contribution in [2.75, 3.05) is 0 Å². The van der Waals surface area contributed by atoms with Crippen LogP contribution in [0.2, 0.25) is 0 Å². The van der Waals surface area contributed by atoms with Crippen LogP contribution in [-0.2, 0) is 9.59 Å². The van der Waals surface area contributed by atoms with Crippen LogP contribution in [0.5, 0.6) is 5.75 Å². The second kappa shape index (κ2) is 6.31. The highest BCUT2D eigenvalue weighted by Crippen LogP contribution is 2.55. The molecule has 3 nitrogen and oxygen atoms in total. The summed E-state index contributed by atoms with van der Waals surface area (Å²) >= 11 is 3.67. The minimum absolute atomic E-state index is 0.0314. The van der Waals surface area contributed by atoms with E-state index in [2.05, 4.69) is 22.5 Å². The number of carbonyl (C=O) groups is 2. The quantitative estimate of drug-likeness (QED) is 0.693. The fourth-order valence-electron chi connectivity index (χ4n) is 4.36. The first-order valence-corrected chi connectivity index (χ1v) is 9.67. The lowest BCUT2D eigenvalue weighted by Crippen LogP contribution is -2.52. The van der Waals surface area contributed by atoms with E-state index in [-0.39, 0.29) is 17.3 Å². The molecule has 1 N–H and O–H groups in total. The number of hydrogen-bond donors (Lipinski definition) is 1. The first-order valence-electron chi connectivity index (χ1n) is 8.88. The van der Waals surface area contributed by atoms with Crippen molar-refractivity contribution in [2.45, 2.75) is 23.6 Å². The lowest BCUT2D eigenvalue weighted by atomic mass is 9.62. The monoisotopic (exact) mass is 422 g/mol. The van der Waals surface area contributed by atoms with Crippen LogP contribution in [0.4, 0.5) is 0 Å². The molecule has 2 aromatic carbocycles. The summed E-state index contributed by atoms with van der Waals surface area (Å²) in [6.45, 7) is 5.58. The van der Waals surface area contributed by atoms with Crippen molar-refractivity contribution in [2.24, 2.45) is 5.92 Å². The van der Waals surface area contributed by atoms with Gasteiger partial charge in [0.25, 0.3) is 0 Å². The molecule has 3 atom stereocenters. The molecule has 4 heteroatoms. The molecule has 136 valence electrons. The number of hydrogen-bond acceptors (Lipinski definition) is 3. The number of halogens is 1. The molecule has 0 fully saturated rings. The SMILES string of the molecule is C=CC1=CC[C@H]2C(=O)C(C)=CC(=O)[C@@]2(Br)[C@H]1c1ccc2ccccc2c1O. The molecule has 4 rings (SSSR count). The van der Waals surface area contributed by atoms with E-state index in [9.17, 15) is 14.7 Å². The number of alkyl halides is 1. The van der Waals surface area contributed by atoms with Gasteiger partial charge in [-0.3, -0.25) is 9.59 Å². The van der Waals surface area contributed by atoms with Crippen LogP contribution in [0.15, 0.2) is 72.4 Å². The molecule has 2 aliphatic carbocycles. The average molecular weight is 423 g/mol. The number of ketones is 2. The van der Waals surface area contributed by atoms with Crippen molar-refractivity contribution in [3.8, 4) is 5.75 Å². The normalized spacial score (nSPS) is 27.8. The second-order valence-electron chi connectivity index (χ2n) is 7.18. The Kier molecular flexibility index (Phi) is 4.19. The zero-order valence-electron chi connectivity index (χ0n) is 14.9. The molecule has 2 aromatic rings. The van der Waals surface area contributed by atoms with E-state index in [0.717, 1.165) is 16.3 Å². The third kappa shape index (κ3) is 2.47. The van der Waals surface area contributed by atoms with Gasteiger partial charge in [0.05, 0.1) is 0 Å². The van der Waals surface area contributed by atoms with E-state index in [4.69, 9.17) is 0 Å². The van der Waals surface area contributed by atoms with Crippen LogP contribution < -0.4 is 0 Å². The Labute approximate surface area is 166 Å². The molecule has 0 amide bonds. The molecule has 27 heavy (non-hydrogen) atoms. The van der Waals surface area contributed by atoms with Crippen LogP contribution in [0, 0.1) is 5.92 Å². The van der Waals surface area contributed by atoms with Crippen molar-refractivity contribution in [1.82, 2.24) is 0 Å². The molecule has 0 radical (unpaired) electrons. The molecule has 0 heterocycles. The Morgan fingerprint density at radius 1 is 1.22 bits per heavy atom. The summed E-state index contributed by atoms with van der Waals surface area (Å²) in [7, 11) is 0. The van der Waals surface area contributed by atoms with Gasteiger partial charge < -0.3 is 5.11 Å². The van der Waals surface area contributed by atoms with E-state index in [1.165, 1.54) is 6.08 Å². The molecule has 0 unspecified atom stereocenters. The van der Waals surface area contributed by atoms with Gasteiger partial charge in [-0.25, -0.2) is 0 Å². The molecule has 0 saturated carbocycles. The van der Waals surface area contributed by atoms with E-state index < -0.39 is 16.2 Å². The van der Waals surface area contributed by atoms with E-state index in [1.807, 2.05) is 42.5 Å². The van der Waals surface area contributed by atoms with Crippen molar-refractivity contribution in [3.63, 3.8) is 0 Å². The Morgan fingerprint density at radius 3 is 2.70 bits per heavy atom. The summed E-state index contributed by atoms with van der Waals surface area (Å²) in [5.41, 5.74) is 1.94. The number of phenols is 1. The van der Waals surface area contributed by atoms with Crippen LogP contribution in [0.3, 0.4) is 0 Å².